The van der Waals surface area contributed by atoms with Crippen LogP contribution in [0.5, 0.6) is 5.75 Å². The normalized spacial score (nSPS) is 15.9. The zero-order chi connectivity index (χ0) is 21.2. The topological polar surface area (TPSA) is 28.6 Å². The van der Waals surface area contributed by atoms with E-state index in [0.717, 1.165) is 43.2 Å². The molecule has 0 bridgehead atoms. The number of aromatic nitrogens is 1. The highest BCUT2D eigenvalue weighted by atomic mass is 35.5. The second-order valence-corrected chi connectivity index (χ2v) is 9.07. The Kier molecular flexibility index (Phi) is 5.81. The maximum Gasteiger partial charge on any atom is 0.166 e. The highest BCUT2D eigenvalue weighted by molar-refractivity contribution is 7.07. The Morgan fingerprint density at radius 2 is 1.84 bits per heavy atom. The van der Waals surface area contributed by atoms with Gasteiger partial charge in [-0.05, 0) is 48.3 Å². The highest BCUT2D eigenvalue weighted by Crippen LogP contribution is 2.34. The summed E-state index contributed by atoms with van der Waals surface area (Å²) in [5.74, 6) is 0.826. The van der Waals surface area contributed by atoms with Gasteiger partial charge in [0.25, 0.3) is 0 Å². The fourth-order valence-corrected chi connectivity index (χ4v) is 4.85. The minimum absolute atomic E-state index is 0.307. The zero-order valence-electron chi connectivity index (χ0n) is 17.4. The summed E-state index contributed by atoms with van der Waals surface area (Å²) in [4.78, 5) is 9.36. The van der Waals surface area contributed by atoms with E-state index in [1.54, 1.807) is 11.3 Å². The molecule has 4 nitrogen and oxygen atoms in total. The van der Waals surface area contributed by atoms with E-state index < -0.39 is 0 Å². The summed E-state index contributed by atoms with van der Waals surface area (Å²) in [5.41, 5.74) is 4.98. The molecule has 1 unspecified atom stereocenters. The molecule has 6 heteroatoms. The molecule has 158 valence electrons. The Balaban J connectivity index is 1.51. The first-order valence-corrected chi connectivity index (χ1v) is 11.8. The van der Waals surface area contributed by atoms with E-state index in [-0.39, 0.29) is 6.10 Å². The first-order valence-electron chi connectivity index (χ1n) is 10.4. The van der Waals surface area contributed by atoms with Crippen molar-refractivity contribution < 1.29 is 4.74 Å². The Bertz CT molecular complexity index is 1170. The first-order chi connectivity index (χ1) is 15.2. The van der Waals surface area contributed by atoms with Crippen LogP contribution in [-0.2, 0) is 0 Å². The number of piperazine rings is 1. The van der Waals surface area contributed by atoms with Crippen molar-refractivity contribution in [3.05, 3.63) is 87.8 Å². The molecule has 0 spiro atoms. The largest absolute Gasteiger partial charge is 0.479 e. The van der Waals surface area contributed by atoms with Crippen molar-refractivity contribution in [2.75, 3.05) is 38.1 Å². The second kappa shape index (κ2) is 8.87. The number of nitrogens with zero attached hydrogens (tertiary/aromatic N) is 3. The van der Waals surface area contributed by atoms with Crippen LogP contribution in [0.15, 0.2) is 71.6 Å². The molecule has 0 radical (unpaired) electrons. The Morgan fingerprint density at radius 3 is 2.61 bits per heavy atom. The molecule has 0 N–H and O–H groups in total. The lowest BCUT2D eigenvalue weighted by Crippen LogP contribution is -2.44. The van der Waals surface area contributed by atoms with Crippen molar-refractivity contribution >= 4 is 39.4 Å². The third-order valence-corrected chi connectivity index (χ3v) is 6.64. The van der Waals surface area contributed by atoms with Crippen molar-refractivity contribution in [1.82, 2.24) is 9.88 Å². The summed E-state index contributed by atoms with van der Waals surface area (Å²) in [5, 5.41) is 5.16. The van der Waals surface area contributed by atoms with Crippen LogP contribution in [0.4, 0.5) is 5.69 Å². The second-order valence-electron chi connectivity index (χ2n) is 7.92. The fraction of sp³-hybridized carbons (Fsp3) is 0.240. The molecule has 3 aromatic carbocycles. The average Bonchev–Trinajstić information content (AvgIpc) is 3.32. The molecule has 1 aliphatic heterocycles. The van der Waals surface area contributed by atoms with Gasteiger partial charge in [0, 0.05) is 47.7 Å². The van der Waals surface area contributed by atoms with E-state index in [0.29, 0.717) is 5.02 Å². The van der Waals surface area contributed by atoms with Crippen LogP contribution in [0, 0.1) is 0 Å². The van der Waals surface area contributed by atoms with Gasteiger partial charge in [-0.15, -0.1) is 11.3 Å². The van der Waals surface area contributed by atoms with Crippen LogP contribution in [0.1, 0.15) is 17.4 Å². The van der Waals surface area contributed by atoms with Gasteiger partial charge in [0.05, 0.1) is 11.2 Å². The molecule has 0 amide bonds. The minimum atomic E-state index is -0.307. The van der Waals surface area contributed by atoms with Gasteiger partial charge >= 0.3 is 0 Å². The molecule has 1 atom stereocenters. The molecule has 4 aromatic rings. The number of ether oxygens (including phenoxy) is 1. The molecule has 0 saturated carbocycles. The third kappa shape index (κ3) is 4.40. The van der Waals surface area contributed by atoms with Crippen LogP contribution < -0.4 is 9.64 Å². The lowest BCUT2D eigenvalue weighted by Gasteiger charge is -2.34. The number of hydrogen-bond acceptors (Lipinski definition) is 5. The molecule has 31 heavy (non-hydrogen) atoms. The van der Waals surface area contributed by atoms with Gasteiger partial charge < -0.3 is 14.5 Å². The molecule has 1 saturated heterocycles. The van der Waals surface area contributed by atoms with Crippen LogP contribution in [-0.4, -0.2) is 43.1 Å². The highest BCUT2D eigenvalue weighted by Gasteiger charge is 2.20. The average molecular weight is 450 g/mol. The van der Waals surface area contributed by atoms with Gasteiger partial charge in [-0.2, -0.15) is 0 Å². The van der Waals surface area contributed by atoms with Crippen molar-refractivity contribution in [2.24, 2.45) is 0 Å². The van der Waals surface area contributed by atoms with Gasteiger partial charge in [0.1, 0.15) is 5.75 Å². The summed E-state index contributed by atoms with van der Waals surface area (Å²) in [7, 11) is 2.18. The zero-order valence-corrected chi connectivity index (χ0v) is 18.9. The molecular formula is C25H24ClN3OS. The molecular weight excluding hydrogens is 426 g/mol. The molecule has 1 fully saturated rings. The van der Waals surface area contributed by atoms with E-state index in [9.17, 15) is 0 Å². The van der Waals surface area contributed by atoms with Crippen molar-refractivity contribution in [3.63, 3.8) is 0 Å². The molecule has 1 aromatic heterocycles. The maximum absolute atomic E-state index is 6.53. The Morgan fingerprint density at radius 1 is 1.00 bits per heavy atom. The summed E-state index contributed by atoms with van der Waals surface area (Å²) in [6.45, 7) is 4.22. The number of rotatable bonds is 5. The van der Waals surface area contributed by atoms with E-state index in [1.807, 2.05) is 41.2 Å². The van der Waals surface area contributed by atoms with E-state index in [1.165, 1.54) is 16.5 Å². The lowest BCUT2D eigenvalue weighted by molar-refractivity contribution is 0.243. The predicted molar refractivity (Wildman–Crippen MR) is 130 cm³/mol. The minimum Gasteiger partial charge on any atom is -0.479 e. The number of fused-ring (bicyclic) bond motifs is 1. The monoisotopic (exact) mass is 449 g/mol. The van der Waals surface area contributed by atoms with Gasteiger partial charge in [0.15, 0.2) is 6.10 Å². The van der Waals surface area contributed by atoms with E-state index >= 15 is 0 Å². The summed E-state index contributed by atoms with van der Waals surface area (Å²) < 4.78 is 6.53. The fourth-order valence-electron chi connectivity index (χ4n) is 4.09. The summed E-state index contributed by atoms with van der Waals surface area (Å²) in [6.07, 6.45) is -0.307. The summed E-state index contributed by atoms with van der Waals surface area (Å²) >= 11 is 7.83. The standard InChI is InChI=1S/C25H24ClN3OS/c1-28-10-12-29(13-11-28)24-7-3-4-18-8-9-21(15-22(18)24)30-25(23-16-31-17-27-23)19-5-2-6-20(26)14-19/h2-9,14-17,25H,10-13H2,1H3. The quantitative estimate of drug-likeness (QED) is 0.381. The van der Waals surface area contributed by atoms with Crippen LogP contribution >= 0.6 is 22.9 Å². The summed E-state index contributed by atoms with van der Waals surface area (Å²) in [6, 6.07) is 20.7. The number of likely N-dealkylation sites (N-methyl/N-ethyl adjacent to an activating group) is 1. The Hall–Kier alpha value is -2.60. The van der Waals surface area contributed by atoms with Crippen molar-refractivity contribution in [2.45, 2.75) is 6.10 Å². The van der Waals surface area contributed by atoms with Crippen LogP contribution in [0.25, 0.3) is 10.8 Å². The van der Waals surface area contributed by atoms with Gasteiger partial charge in [-0.25, -0.2) is 4.98 Å². The van der Waals surface area contributed by atoms with E-state index in [2.05, 4.69) is 52.2 Å². The molecule has 0 aliphatic carbocycles. The van der Waals surface area contributed by atoms with Crippen LogP contribution in [0.2, 0.25) is 5.02 Å². The van der Waals surface area contributed by atoms with Crippen molar-refractivity contribution in [3.8, 4) is 5.75 Å². The predicted octanol–water partition coefficient (Wildman–Crippen LogP) is 5.87. The lowest BCUT2D eigenvalue weighted by atomic mass is 10.1. The first kappa shape index (κ1) is 20.3. The molecule has 5 rings (SSSR count). The maximum atomic E-state index is 6.53. The SMILES string of the molecule is CN1CCN(c2cccc3ccc(OC(c4cccc(Cl)c4)c4cscn4)cc23)CC1. The number of halogens is 1. The van der Waals surface area contributed by atoms with Crippen LogP contribution in [0.3, 0.4) is 0 Å². The number of thiazole rings is 1. The van der Waals surface area contributed by atoms with Gasteiger partial charge in [-0.1, -0.05) is 41.9 Å². The smallest absolute Gasteiger partial charge is 0.166 e. The number of anilines is 1. The number of hydrogen-bond donors (Lipinski definition) is 0. The van der Waals surface area contributed by atoms with E-state index in [4.69, 9.17) is 16.3 Å². The number of benzene rings is 3. The molecule has 2 heterocycles. The van der Waals surface area contributed by atoms with Gasteiger partial charge in [-0.3, -0.25) is 0 Å². The third-order valence-electron chi connectivity index (χ3n) is 5.80. The molecule has 1 aliphatic rings. The Labute approximate surface area is 191 Å². The van der Waals surface area contributed by atoms with Crippen molar-refractivity contribution in [1.29, 1.82) is 0 Å². The van der Waals surface area contributed by atoms with Gasteiger partial charge in [0.2, 0.25) is 0 Å².